The molecule has 4 N–H and O–H groups in total. The number of benzene rings is 2. The molecule has 2 aromatic carbocycles. The van der Waals surface area contributed by atoms with E-state index in [9.17, 15) is 14.4 Å². The summed E-state index contributed by atoms with van der Waals surface area (Å²) in [6.45, 7) is 7.79. The van der Waals surface area contributed by atoms with E-state index < -0.39 is 0 Å². The minimum atomic E-state index is -0.384. The van der Waals surface area contributed by atoms with Gasteiger partial charge in [0, 0.05) is 30.9 Å². The van der Waals surface area contributed by atoms with Gasteiger partial charge in [0.2, 0.25) is 11.8 Å². The maximum absolute atomic E-state index is 12.5. The van der Waals surface area contributed by atoms with Crippen molar-refractivity contribution in [2.45, 2.75) is 52.6 Å². The van der Waals surface area contributed by atoms with E-state index in [1.807, 2.05) is 69.3 Å². The van der Waals surface area contributed by atoms with E-state index in [1.54, 1.807) is 18.3 Å². The molecule has 0 unspecified atom stereocenters. The van der Waals surface area contributed by atoms with Crippen LogP contribution in [-0.2, 0) is 29.0 Å². The van der Waals surface area contributed by atoms with Gasteiger partial charge in [0.25, 0.3) is 0 Å². The molecule has 4 amide bonds. The van der Waals surface area contributed by atoms with Crippen LogP contribution in [0.2, 0.25) is 0 Å². The molecule has 1 heterocycles. The average molecular weight is 488 g/mol. The standard InChI is InChI=1S/C28H33N5O3/c1-19-8-5-6-11-24(19)31-27(36)32-25-13-12-23(17-29-25)15-26(35)30-18-22-10-7-9-21(14-22)16-28(3,4)33-20(2)34/h5-14,17H,15-16,18H2,1-4H3,(H,30,35)(H,33,34)(H2,29,31,32,36). The van der Waals surface area contributed by atoms with Gasteiger partial charge in [-0.2, -0.15) is 0 Å². The summed E-state index contributed by atoms with van der Waals surface area (Å²) in [5.74, 6) is 0.204. The van der Waals surface area contributed by atoms with Gasteiger partial charge in [0.15, 0.2) is 0 Å². The average Bonchev–Trinajstić information content (AvgIpc) is 2.79. The maximum atomic E-state index is 12.5. The van der Waals surface area contributed by atoms with E-state index in [0.717, 1.165) is 27.9 Å². The maximum Gasteiger partial charge on any atom is 0.324 e. The Kier molecular flexibility index (Phi) is 8.78. The number of aromatic nitrogens is 1. The lowest BCUT2D eigenvalue weighted by atomic mass is 9.94. The van der Waals surface area contributed by atoms with E-state index in [0.29, 0.717) is 18.8 Å². The van der Waals surface area contributed by atoms with E-state index in [4.69, 9.17) is 0 Å². The Morgan fingerprint density at radius 1 is 0.889 bits per heavy atom. The van der Waals surface area contributed by atoms with Crippen LogP contribution in [0.1, 0.15) is 43.0 Å². The van der Waals surface area contributed by atoms with Crippen molar-refractivity contribution in [3.8, 4) is 0 Å². The first kappa shape index (κ1) is 26.4. The molecule has 0 aliphatic carbocycles. The van der Waals surface area contributed by atoms with Crippen LogP contribution in [0.4, 0.5) is 16.3 Å². The summed E-state index contributed by atoms with van der Waals surface area (Å²) < 4.78 is 0. The molecular formula is C28H33N5O3. The van der Waals surface area contributed by atoms with E-state index in [1.165, 1.54) is 6.92 Å². The second-order valence-corrected chi connectivity index (χ2v) is 9.46. The number of carbonyl (C=O) groups is 3. The minimum Gasteiger partial charge on any atom is -0.352 e. The Bertz CT molecular complexity index is 1220. The summed E-state index contributed by atoms with van der Waals surface area (Å²) in [5, 5.41) is 11.4. The van der Waals surface area contributed by atoms with Crippen molar-refractivity contribution in [1.82, 2.24) is 15.6 Å². The fourth-order valence-corrected chi connectivity index (χ4v) is 3.92. The van der Waals surface area contributed by atoms with Crippen LogP contribution in [0.3, 0.4) is 0 Å². The predicted octanol–water partition coefficient (Wildman–Crippen LogP) is 4.35. The van der Waals surface area contributed by atoms with Gasteiger partial charge < -0.3 is 16.0 Å². The highest BCUT2D eigenvalue weighted by molar-refractivity contribution is 5.99. The Balaban J connectivity index is 1.47. The van der Waals surface area contributed by atoms with Crippen LogP contribution in [-0.4, -0.2) is 28.4 Å². The molecule has 0 bridgehead atoms. The summed E-state index contributed by atoms with van der Waals surface area (Å²) in [7, 11) is 0. The molecule has 0 saturated carbocycles. The number of hydrogen-bond acceptors (Lipinski definition) is 4. The number of amides is 4. The molecule has 0 aliphatic heterocycles. The summed E-state index contributed by atoms with van der Waals surface area (Å²) >= 11 is 0. The molecular weight excluding hydrogens is 454 g/mol. The lowest BCUT2D eigenvalue weighted by Crippen LogP contribution is -2.44. The molecule has 8 nitrogen and oxygen atoms in total. The normalized spacial score (nSPS) is 10.9. The van der Waals surface area contributed by atoms with Crippen LogP contribution in [0, 0.1) is 6.92 Å². The first-order valence-electron chi connectivity index (χ1n) is 11.8. The topological polar surface area (TPSA) is 112 Å². The Hall–Kier alpha value is -4.20. The van der Waals surface area contributed by atoms with Crippen molar-refractivity contribution in [3.63, 3.8) is 0 Å². The second kappa shape index (κ2) is 12.0. The zero-order chi connectivity index (χ0) is 26.1. The first-order chi connectivity index (χ1) is 17.1. The number of pyridine rings is 1. The summed E-state index contributed by atoms with van der Waals surface area (Å²) in [4.78, 5) is 40.3. The highest BCUT2D eigenvalue weighted by Crippen LogP contribution is 2.15. The molecule has 0 saturated heterocycles. The third-order valence-electron chi connectivity index (χ3n) is 5.47. The van der Waals surface area contributed by atoms with Gasteiger partial charge in [-0.3, -0.25) is 14.9 Å². The van der Waals surface area contributed by atoms with Crippen LogP contribution in [0.15, 0.2) is 66.9 Å². The molecule has 0 radical (unpaired) electrons. The minimum absolute atomic E-state index is 0.0627. The van der Waals surface area contributed by atoms with Crippen molar-refractivity contribution < 1.29 is 14.4 Å². The van der Waals surface area contributed by atoms with Crippen LogP contribution >= 0.6 is 0 Å². The number of aryl methyl sites for hydroxylation is 1. The lowest BCUT2D eigenvalue weighted by Gasteiger charge is -2.26. The summed E-state index contributed by atoms with van der Waals surface area (Å²) in [5.41, 5.74) is 4.13. The molecule has 0 aliphatic rings. The second-order valence-electron chi connectivity index (χ2n) is 9.46. The molecule has 0 atom stereocenters. The van der Waals surface area contributed by atoms with Gasteiger partial charge in [0.05, 0.1) is 6.42 Å². The van der Waals surface area contributed by atoms with Gasteiger partial charge in [-0.1, -0.05) is 48.5 Å². The highest BCUT2D eigenvalue weighted by Gasteiger charge is 2.19. The summed E-state index contributed by atoms with van der Waals surface area (Å²) in [6, 6.07) is 18.5. The van der Waals surface area contributed by atoms with Gasteiger partial charge in [-0.25, -0.2) is 9.78 Å². The molecule has 1 aromatic heterocycles. The zero-order valence-electron chi connectivity index (χ0n) is 21.1. The molecule has 188 valence electrons. The Labute approximate surface area is 211 Å². The number of anilines is 2. The molecule has 0 spiro atoms. The number of nitrogens with zero attached hydrogens (tertiary/aromatic N) is 1. The fraction of sp³-hybridized carbons (Fsp3) is 0.286. The van der Waals surface area contributed by atoms with E-state index >= 15 is 0 Å². The van der Waals surface area contributed by atoms with Crippen molar-refractivity contribution in [3.05, 3.63) is 89.1 Å². The number of rotatable bonds is 9. The third kappa shape index (κ3) is 8.54. The van der Waals surface area contributed by atoms with Crippen LogP contribution in [0.5, 0.6) is 0 Å². The monoisotopic (exact) mass is 487 g/mol. The molecule has 8 heteroatoms. The van der Waals surface area contributed by atoms with E-state index in [2.05, 4.69) is 26.3 Å². The van der Waals surface area contributed by atoms with Crippen molar-refractivity contribution in [2.24, 2.45) is 0 Å². The van der Waals surface area contributed by atoms with Crippen LogP contribution in [0.25, 0.3) is 0 Å². The number of hydrogen-bond donors (Lipinski definition) is 4. The lowest BCUT2D eigenvalue weighted by molar-refractivity contribution is -0.121. The zero-order valence-corrected chi connectivity index (χ0v) is 21.1. The smallest absolute Gasteiger partial charge is 0.324 e. The van der Waals surface area contributed by atoms with Gasteiger partial charge in [0.1, 0.15) is 5.82 Å². The van der Waals surface area contributed by atoms with Crippen molar-refractivity contribution >= 4 is 29.4 Å². The number of para-hydroxylation sites is 1. The van der Waals surface area contributed by atoms with Gasteiger partial charge in [-0.15, -0.1) is 0 Å². The van der Waals surface area contributed by atoms with E-state index in [-0.39, 0.29) is 29.8 Å². The molecule has 0 fully saturated rings. The number of urea groups is 1. The largest absolute Gasteiger partial charge is 0.352 e. The Morgan fingerprint density at radius 2 is 1.64 bits per heavy atom. The fourth-order valence-electron chi connectivity index (χ4n) is 3.92. The van der Waals surface area contributed by atoms with Crippen LogP contribution < -0.4 is 21.3 Å². The molecule has 3 aromatic rings. The SMILES string of the molecule is CC(=O)NC(C)(C)Cc1cccc(CNC(=O)Cc2ccc(NC(=O)Nc3ccccc3C)nc2)c1. The Morgan fingerprint density at radius 3 is 2.33 bits per heavy atom. The molecule has 36 heavy (non-hydrogen) atoms. The van der Waals surface area contributed by atoms with Crippen molar-refractivity contribution in [1.29, 1.82) is 0 Å². The highest BCUT2D eigenvalue weighted by atomic mass is 16.2. The predicted molar refractivity (Wildman–Crippen MR) is 142 cm³/mol. The van der Waals surface area contributed by atoms with Gasteiger partial charge in [-0.05, 0) is 61.6 Å². The number of nitrogens with one attached hydrogen (secondary N) is 4. The quantitative estimate of drug-likeness (QED) is 0.359. The van der Waals surface area contributed by atoms with Gasteiger partial charge >= 0.3 is 6.03 Å². The molecule has 3 rings (SSSR count). The number of carbonyl (C=O) groups excluding carboxylic acids is 3. The first-order valence-corrected chi connectivity index (χ1v) is 11.8. The third-order valence-corrected chi connectivity index (χ3v) is 5.47. The van der Waals surface area contributed by atoms with Crippen molar-refractivity contribution in [2.75, 3.05) is 10.6 Å². The summed E-state index contributed by atoms with van der Waals surface area (Å²) in [6.07, 6.45) is 2.44.